The second-order valence-corrected chi connectivity index (χ2v) is 6.34. The molecule has 1 N–H and O–H groups in total. The van der Waals surface area contributed by atoms with Crippen LogP contribution in [-0.2, 0) is 13.0 Å². The first-order chi connectivity index (χ1) is 10.3. The van der Waals surface area contributed by atoms with Gasteiger partial charge >= 0.3 is 0 Å². The number of aryl methyl sites for hydroxylation is 1. The molecule has 4 heteroatoms. The van der Waals surface area contributed by atoms with Crippen molar-refractivity contribution in [2.45, 2.75) is 25.4 Å². The van der Waals surface area contributed by atoms with Crippen LogP contribution in [0.4, 0.5) is 0 Å². The third-order valence-electron chi connectivity index (χ3n) is 4.17. The van der Waals surface area contributed by atoms with Gasteiger partial charge in [-0.25, -0.2) is 0 Å². The number of rotatable bonds is 3. The van der Waals surface area contributed by atoms with Crippen LogP contribution in [0, 0.1) is 0 Å². The summed E-state index contributed by atoms with van der Waals surface area (Å²) >= 11 is 3.54. The van der Waals surface area contributed by atoms with Crippen LogP contribution < -0.4 is 14.8 Å². The SMILES string of the molecule is Brc1cc(CNC2CCc3ccccc32)cc2c1OCO2. The fraction of sp³-hybridized carbons (Fsp3) is 0.294. The highest BCUT2D eigenvalue weighted by Gasteiger charge is 2.22. The Labute approximate surface area is 132 Å². The van der Waals surface area contributed by atoms with E-state index in [1.807, 2.05) is 0 Å². The second-order valence-electron chi connectivity index (χ2n) is 5.48. The van der Waals surface area contributed by atoms with E-state index in [-0.39, 0.29) is 0 Å². The fourth-order valence-corrected chi connectivity index (χ4v) is 3.74. The summed E-state index contributed by atoms with van der Waals surface area (Å²) in [6.45, 7) is 1.13. The van der Waals surface area contributed by atoms with Gasteiger partial charge in [0.2, 0.25) is 6.79 Å². The number of benzene rings is 2. The predicted octanol–water partition coefficient (Wildman–Crippen LogP) is 3.95. The Morgan fingerprint density at radius 2 is 2.10 bits per heavy atom. The quantitative estimate of drug-likeness (QED) is 0.913. The summed E-state index contributed by atoms with van der Waals surface area (Å²) in [6.07, 6.45) is 2.34. The zero-order valence-corrected chi connectivity index (χ0v) is 13.2. The molecule has 0 bridgehead atoms. The Balaban J connectivity index is 1.50. The van der Waals surface area contributed by atoms with Crippen molar-refractivity contribution in [2.24, 2.45) is 0 Å². The molecule has 1 unspecified atom stereocenters. The van der Waals surface area contributed by atoms with Gasteiger partial charge in [0, 0.05) is 12.6 Å². The third kappa shape index (κ3) is 2.43. The van der Waals surface area contributed by atoms with Gasteiger partial charge in [-0.1, -0.05) is 24.3 Å². The molecule has 21 heavy (non-hydrogen) atoms. The van der Waals surface area contributed by atoms with Gasteiger partial charge in [-0.2, -0.15) is 0 Å². The summed E-state index contributed by atoms with van der Waals surface area (Å²) in [5, 5.41) is 3.66. The zero-order chi connectivity index (χ0) is 14.2. The molecule has 1 heterocycles. The van der Waals surface area contributed by atoms with E-state index < -0.39 is 0 Å². The van der Waals surface area contributed by atoms with Crippen LogP contribution in [-0.4, -0.2) is 6.79 Å². The lowest BCUT2D eigenvalue weighted by Gasteiger charge is -2.14. The number of ether oxygens (including phenoxy) is 2. The molecule has 0 spiro atoms. The largest absolute Gasteiger partial charge is 0.454 e. The predicted molar refractivity (Wildman–Crippen MR) is 84.6 cm³/mol. The van der Waals surface area contributed by atoms with Crippen molar-refractivity contribution in [3.05, 3.63) is 57.6 Å². The monoisotopic (exact) mass is 345 g/mol. The standard InChI is InChI=1S/C17H16BrNO2/c18-14-7-11(8-16-17(14)21-10-20-16)9-19-15-6-5-12-3-1-2-4-13(12)15/h1-4,7-8,15,19H,5-6,9-10H2. The van der Waals surface area contributed by atoms with Crippen molar-refractivity contribution in [3.8, 4) is 11.5 Å². The van der Waals surface area contributed by atoms with E-state index in [4.69, 9.17) is 9.47 Å². The van der Waals surface area contributed by atoms with Crippen molar-refractivity contribution in [3.63, 3.8) is 0 Å². The molecule has 4 rings (SSSR count). The number of fused-ring (bicyclic) bond motifs is 2. The first kappa shape index (κ1) is 13.2. The molecule has 1 aliphatic heterocycles. The lowest BCUT2D eigenvalue weighted by Crippen LogP contribution is -2.18. The lowest BCUT2D eigenvalue weighted by atomic mass is 10.1. The summed E-state index contributed by atoms with van der Waals surface area (Å²) in [4.78, 5) is 0. The maximum Gasteiger partial charge on any atom is 0.231 e. The Hall–Kier alpha value is -1.52. The number of hydrogen-bond acceptors (Lipinski definition) is 3. The minimum absolute atomic E-state index is 0.306. The maximum absolute atomic E-state index is 5.47. The lowest BCUT2D eigenvalue weighted by molar-refractivity contribution is 0.173. The minimum Gasteiger partial charge on any atom is -0.454 e. The molecule has 2 aromatic carbocycles. The van der Waals surface area contributed by atoms with Gasteiger partial charge < -0.3 is 14.8 Å². The van der Waals surface area contributed by atoms with Crippen LogP contribution in [0.2, 0.25) is 0 Å². The van der Waals surface area contributed by atoms with Gasteiger partial charge in [-0.3, -0.25) is 0 Å². The first-order valence-electron chi connectivity index (χ1n) is 7.20. The Morgan fingerprint density at radius 1 is 1.19 bits per heavy atom. The van der Waals surface area contributed by atoms with Crippen molar-refractivity contribution in [1.29, 1.82) is 0 Å². The average Bonchev–Trinajstić information content (AvgIpc) is 3.12. The van der Waals surface area contributed by atoms with Crippen LogP contribution >= 0.6 is 15.9 Å². The van der Waals surface area contributed by atoms with Crippen molar-refractivity contribution in [1.82, 2.24) is 5.32 Å². The van der Waals surface area contributed by atoms with Crippen LogP contribution in [0.5, 0.6) is 11.5 Å². The Morgan fingerprint density at radius 3 is 3.05 bits per heavy atom. The van der Waals surface area contributed by atoms with Gasteiger partial charge in [-0.15, -0.1) is 0 Å². The van der Waals surface area contributed by atoms with E-state index in [2.05, 4.69) is 57.6 Å². The molecule has 2 aliphatic rings. The second kappa shape index (κ2) is 5.35. The van der Waals surface area contributed by atoms with Crippen LogP contribution in [0.15, 0.2) is 40.9 Å². The Bertz CT molecular complexity index is 686. The average molecular weight is 346 g/mol. The molecule has 0 amide bonds. The summed E-state index contributed by atoms with van der Waals surface area (Å²) in [5.74, 6) is 1.64. The molecule has 0 saturated heterocycles. The normalized spacial score (nSPS) is 18.8. The van der Waals surface area contributed by atoms with Crippen molar-refractivity contribution < 1.29 is 9.47 Å². The van der Waals surface area contributed by atoms with Gasteiger partial charge in [0.25, 0.3) is 0 Å². The number of hydrogen-bond donors (Lipinski definition) is 1. The Kier molecular flexibility index (Phi) is 3.36. The van der Waals surface area contributed by atoms with E-state index in [9.17, 15) is 0 Å². The molecule has 1 aliphatic carbocycles. The van der Waals surface area contributed by atoms with Gasteiger partial charge in [0.1, 0.15) is 0 Å². The maximum atomic E-state index is 5.47. The number of halogens is 1. The number of nitrogens with one attached hydrogen (secondary N) is 1. The van der Waals surface area contributed by atoms with E-state index >= 15 is 0 Å². The van der Waals surface area contributed by atoms with Crippen LogP contribution in [0.25, 0.3) is 0 Å². The fourth-order valence-electron chi connectivity index (χ4n) is 3.13. The molecule has 1 atom stereocenters. The molecule has 0 saturated carbocycles. The van der Waals surface area contributed by atoms with E-state index in [0.29, 0.717) is 12.8 Å². The molecule has 2 aromatic rings. The first-order valence-corrected chi connectivity index (χ1v) is 8.00. The summed E-state index contributed by atoms with van der Waals surface area (Å²) < 4.78 is 11.8. The molecule has 108 valence electrons. The van der Waals surface area contributed by atoms with Crippen LogP contribution in [0.1, 0.15) is 29.2 Å². The molecule has 3 nitrogen and oxygen atoms in total. The summed E-state index contributed by atoms with van der Waals surface area (Å²) in [6, 6.07) is 13.3. The highest BCUT2D eigenvalue weighted by atomic mass is 79.9. The van der Waals surface area contributed by atoms with E-state index in [0.717, 1.165) is 22.5 Å². The molecule has 0 fully saturated rings. The topological polar surface area (TPSA) is 30.5 Å². The van der Waals surface area contributed by atoms with Gasteiger partial charge in [0.15, 0.2) is 11.5 Å². The van der Waals surface area contributed by atoms with Crippen molar-refractivity contribution in [2.75, 3.05) is 6.79 Å². The third-order valence-corrected chi connectivity index (χ3v) is 4.76. The van der Waals surface area contributed by atoms with E-state index in [1.54, 1.807) is 0 Å². The van der Waals surface area contributed by atoms with Gasteiger partial charge in [-0.05, 0) is 57.6 Å². The van der Waals surface area contributed by atoms with Crippen molar-refractivity contribution >= 4 is 15.9 Å². The minimum atomic E-state index is 0.306. The molecule has 0 radical (unpaired) electrons. The highest BCUT2D eigenvalue weighted by molar-refractivity contribution is 9.10. The summed E-state index contributed by atoms with van der Waals surface area (Å²) in [5.41, 5.74) is 4.12. The van der Waals surface area contributed by atoms with Crippen LogP contribution in [0.3, 0.4) is 0 Å². The molecule has 0 aromatic heterocycles. The smallest absolute Gasteiger partial charge is 0.231 e. The summed E-state index contributed by atoms with van der Waals surface area (Å²) in [7, 11) is 0. The molecular formula is C17H16BrNO2. The zero-order valence-electron chi connectivity index (χ0n) is 11.6. The molecular weight excluding hydrogens is 330 g/mol. The van der Waals surface area contributed by atoms with Gasteiger partial charge in [0.05, 0.1) is 4.47 Å². The highest BCUT2D eigenvalue weighted by Crippen LogP contribution is 2.40. The van der Waals surface area contributed by atoms with E-state index in [1.165, 1.54) is 29.5 Å².